The molecule has 0 atom stereocenters. The predicted molar refractivity (Wildman–Crippen MR) is 38.1 cm³/mol. The molecule has 0 saturated heterocycles. The van der Waals surface area contributed by atoms with Crippen LogP contribution in [0.1, 0.15) is 20.3 Å². The van der Waals surface area contributed by atoms with E-state index >= 15 is 0 Å². The van der Waals surface area contributed by atoms with Crippen LogP contribution in [-0.4, -0.2) is 6.21 Å². The first kappa shape index (κ1) is 7.41. The van der Waals surface area contributed by atoms with Crippen LogP contribution in [0.4, 0.5) is 0 Å². The van der Waals surface area contributed by atoms with E-state index in [1.165, 1.54) is 0 Å². The van der Waals surface area contributed by atoms with E-state index in [4.69, 9.17) is 0 Å². The largest absolute Gasteiger partial charge is 0.270 e. The second-order valence-corrected chi connectivity index (χ2v) is 2.14. The minimum absolute atomic E-state index is 0.707. The monoisotopic (exact) mass is 111 g/mol. The highest BCUT2D eigenvalue weighted by atomic mass is 14.6. The Bertz CT molecular complexity index is 82.4. The normalized spacial score (nSPS) is 10.9. The molecule has 0 aromatic heterocycles. The Labute approximate surface area is 51.1 Å². The summed E-state index contributed by atoms with van der Waals surface area (Å²) in [5, 5.41) is 0. The van der Waals surface area contributed by atoms with Gasteiger partial charge in [-0.05, 0) is 12.3 Å². The van der Waals surface area contributed by atoms with Gasteiger partial charge in [0.1, 0.15) is 0 Å². The SMILES string of the molecule is C=C/N=C\CC(C)C. The van der Waals surface area contributed by atoms with Crippen molar-refractivity contribution in [1.29, 1.82) is 0 Å². The molecule has 0 radical (unpaired) electrons. The highest BCUT2D eigenvalue weighted by Crippen LogP contribution is 1.94. The Morgan fingerprint density at radius 1 is 1.62 bits per heavy atom. The molecule has 0 fully saturated rings. The zero-order valence-electron chi connectivity index (χ0n) is 5.59. The molecule has 0 N–H and O–H groups in total. The van der Waals surface area contributed by atoms with E-state index in [9.17, 15) is 0 Å². The summed E-state index contributed by atoms with van der Waals surface area (Å²) in [6.07, 6.45) is 4.49. The molecule has 0 rings (SSSR count). The van der Waals surface area contributed by atoms with Crippen LogP contribution in [0.5, 0.6) is 0 Å². The molecule has 0 aliphatic carbocycles. The average Bonchev–Trinajstić information content (AvgIpc) is 1.66. The molecule has 0 bridgehead atoms. The molecule has 0 spiro atoms. The molecule has 1 nitrogen and oxygen atoms in total. The van der Waals surface area contributed by atoms with Crippen molar-refractivity contribution in [1.82, 2.24) is 0 Å². The molecular weight excluding hydrogens is 98.1 g/mol. The molecule has 0 unspecified atom stereocenters. The summed E-state index contributed by atoms with van der Waals surface area (Å²) in [6, 6.07) is 0. The smallest absolute Gasteiger partial charge is 0.0191 e. The van der Waals surface area contributed by atoms with E-state index in [1.807, 2.05) is 6.21 Å². The molecule has 0 aromatic carbocycles. The van der Waals surface area contributed by atoms with Crippen LogP contribution < -0.4 is 0 Å². The van der Waals surface area contributed by atoms with E-state index in [1.54, 1.807) is 6.20 Å². The second-order valence-electron chi connectivity index (χ2n) is 2.14. The van der Waals surface area contributed by atoms with Crippen molar-refractivity contribution >= 4 is 6.21 Å². The highest BCUT2D eigenvalue weighted by Gasteiger charge is 1.85. The molecule has 0 heterocycles. The molecule has 0 amide bonds. The van der Waals surface area contributed by atoms with E-state index < -0.39 is 0 Å². The van der Waals surface area contributed by atoms with E-state index in [0.29, 0.717) is 5.92 Å². The topological polar surface area (TPSA) is 12.4 Å². The van der Waals surface area contributed by atoms with Crippen molar-refractivity contribution in [2.75, 3.05) is 0 Å². The van der Waals surface area contributed by atoms with Crippen LogP contribution in [0.2, 0.25) is 0 Å². The van der Waals surface area contributed by atoms with Crippen molar-refractivity contribution in [2.24, 2.45) is 10.9 Å². The number of hydrogen-bond donors (Lipinski definition) is 0. The van der Waals surface area contributed by atoms with Crippen LogP contribution in [0, 0.1) is 5.92 Å². The van der Waals surface area contributed by atoms with Crippen molar-refractivity contribution in [3.8, 4) is 0 Å². The van der Waals surface area contributed by atoms with Crippen LogP contribution in [0.25, 0.3) is 0 Å². The molecule has 0 aliphatic rings. The number of hydrogen-bond acceptors (Lipinski definition) is 1. The number of rotatable bonds is 3. The van der Waals surface area contributed by atoms with Crippen LogP contribution in [0.3, 0.4) is 0 Å². The summed E-state index contributed by atoms with van der Waals surface area (Å²) in [4.78, 5) is 3.85. The van der Waals surface area contributed by atoms with Gasteiger partial charge in [0.2, 0.25) is 0 Å². The lowest BCUT2D eigenvalue weighted by Crippen LogP contribution is -1.85. The third-order valence-electron chi connectivity index (χ3n) is 0.788. The fourth-order valence-corrected chi connectivity index (χ4v) is 0.346. The fourth-order valence-electron chi connectivity index (χ4n) is 0.346. The summed E-state index contributed by atoms with van der Waals surface area (Å²) in [5.74, 6) is 0.707. The summed E-state index contributed by atoms with van der Waals surface area (Å²) < 4.78 is 0. The van der Waals surface area contributed by atoms with Gasteiger partial charge in [-0.1, -0.05) is 20.4 Å². The Morgan fingerprint density at radius 3 is 2.62 bits per heavy atom. The van der Waals surface area contributed by atoms with Gasteiger partial charge < -0.3 is 0 Å². The minimum Gasteiger partial charge on any atom is -0.270 e. The van der Waals surface area contributed by atoms with Crippen molar-refractivity contribution in [2.45, 2.75) is 20.3 Å². The first-order valence-electron chi connectivity index (χ1n) is 2.90. The molecule has 0 saturated carbocycles. The van der Waals surface area contributed by atoms with Gasteiger partial charge >= 0.3 is 0 Å². The number of aliphatic imine (C=N–C) groups is 1. The maximum atomic E-state index is 3.85. The van der Waals surface area contributed by atoms with Gasteiger partial charge in [-0.2, -0.15) is 0 Å². The van der Waals surface area contributed by atoms with E-state index in [2.05, 4.69) is 25.4 Å². The first-order chi connectivity index (χ1) is 3.77. The van der Waals surface area contributed by atoms with Gasteiger partial charge in [0, 0.05) is 12.4 Å². The molecule has 1 heteroatoms. The zero-order valence-corrected chi connectivity index (χ0v) is 5.59. The molecule has 0 aliphatic heterocycles. The van der Waals surface area contributed by atoms with E-state index in [0.717, 1.165) is 6.42 Å². The van der Waals surface area contributed by atoms with Crippen LogP contribution >= 0.6 is 0 Å². The predicted octanol–water partition coefficient (Wildman–Crippen LogP) is 2.25. The van der Waals surface area contributed by atoms with Crippen molar-refractivity contribution < 1.29 is 0 Å². The maximum Gasteiger partial charge on any atom is 0.0191 e. The third-order valence-corrected chi connectivity index (χ3v) is 0.788. The van der Waals surface area contributed by atoms with Crippen LogP contribution in [0.15, 0.2) is 17.8 Å². The summed E-state index contributed by atoms with van der Waals surface area (Å²) in [6.45, 7) is 7.78. The Morgan fingerprint density at radius 2 is 2.25 bits per heavy atom. The lowest BCUT2D eigenvalue weighted by molar-refractivity contribution is 0.690. The third kappa shape index (κ3) is 5.41. The Hall–Kier alpha value is -0.590. The highest BCUT2D eigenvalue weighted by molar-refractivity contribution is 5.58. The summed E-state index contributed by atoms with van der Waals surface area (Å²) >= 11 is 0. The van der Waals surface area contributed by atoms with Gasteiger partial charge in [0.15, 0.2) is 0 Å². The zero-order chi connectivity index (χ0) is 6.41. The lowest BCUT2D eigenvalue weighted by Gasteiger charge is -1.93. The molecule has 0 aromatic rings. The molecular formula is C7H13N. The second kappa shape index (κ2) is 4.57. The number of nitrogens with zero attached hydrogens (tertiary/aromatic N) is 1. The van der Waals surface area contributed by atoms with Gasteiger partial charge in [-0.25, -0.2) is 0 Å². The minimum atomic E-state index is 0.707. The van der Waals surface area contributed by atoms with Crippen molar-refractivity contribution in [3.63, 3.8) is 0 Å². The summed E-state index contributed by atoms with van der Waals surface area (Å²) in [7, 11) is 0. The van der Waals surface area contributed by atoms with Crippen LogP contribution in [-0.2, 0) is 0 Å². The Kier molecular flexibility index (Phi) is 4.23. The van der Waals surface area contributed by atoms with Gasteiger partial charge in [0.25, 0.3) is 0 Å². The van der Waals surface area contributed by atoms with E-state index in [-0.39, 0.29) is 0 Å². The molecule has 8 heavy (non-hydrogen) atoms. The quantitative estimate of drug-likeness (QED) is 0.495. The van der Waals surface area contributed by atoms with Gasteiger partial charge in [-0.3, -0.25) is 4.99 Å². The van der Waals surface area contributed by atoms with Gasteiger partial charge in [-0.15, -0.1) is 0 Å². The standard InChI is InChI=1S/C7H13N/c1-4-8-6-5-7(2)3/h4,6-7H,1,5H2,2-3H3/b8-6-. The summed E-state index contributed by atoms with van der Waals surface area (Å²) in [5.41, 5.74) is 0. The fraction of sp³-hybridized carbons (Fsp3) is 0.571. The van der Waals surface area contributed by atoms with Crippen molar-refractivity contribution in [3.05, 3.63) is 12.8 Å². The first-order valence-corrected chi connectivity index (χ1v) is 2.90. The average molecular weight is 111 g/mol. The maximum absolute atomic E-state index is 3.85. The molecule has 46 valence electrons. The Balaban J connectivity index is 3.15. The lowest BCUT2D eigenvalue weighted by atomic mass is 10.2. The van der Waals surface area contributed by atoms with Gasteiger partial charge in [0.05, 0.1) is 0 Å².